The molecule has 3 amide bonds. The Kier molecular flexibility index (Phi) is 10.2. The predicted octanol–water partition coefficient (Wildman–Crippen LogP) is 3.83. The smallest absolute Gasteiger partial charge is 0.270 e. The molecule has 0 aromatic heterocycles. The molecule has 3 rings (SSSR count). The van der Waals surface area contributed by atoms with Crippen LogP contribution in [0.25, 0.3) is 6.08 Å². The van der Waals surface area contributed by atoms with E-state index in [-0.39, 0.29) is 23.6 Å². The fourth-order valence-electron chi connectivity index (χ4n) is 3.54. The predicted molar refractivity (Wildman–Crippen MR) is 147 cm³/mol. The van der Waals surface area contributed by atoms with Gasteiger partial charge in [-0.05, 0) is 42.7 Å². The lowest BCUT2D eigenvalue weighted by Gasteiger charge is -2.14. The normalized spacial score (nSPS) is 13.9. The topological polar surface area (TPSA) is 140 Å². The van der Waals surface area contributed by atoms with Crippen molar-refractivity contribution < 1.29 is 28.8 Å². The van der Waals surface area contributed by atoms with E-state index < -0.39 is 16.7 Å². The van der Waals surface area contributed by atoms with Gasteiger partial charge in [-0.2, -0.15) is 0 Å². The van der Waals surface area contributed by atoms with Gasteiger partial charge in [-0.1, -0.05) is 42.5 Å². The highest BCUT2D eigenvalue weighted by Crippen LogP contribution is 2.34. The van der Waals surface area contributed by atoms with Crippen LogP contribution in [0.3, 0.4) is 0 Å². The number of hydrogen-bond donors (Lipinski definition) is 2. The molecule has 1 fully saturated rings. The molecule has 1 aliphatic heterocycles. The highest BCUT2D eigenvalue weighted by atomic mass is 32.2. The van der Waals surface area contributed by atoms with Crippen molar-refractivity contribution >= 4 is 57.8 Å². The Morgan fingerprint density at radius 3 is 2.55 bits per heavy atom. The van der Waals surface area contributed by atoms with Gasteiger partial charge in [-0.15, -0.1) is 0 Å². The van der Waals surface area contributed by atoms with Crippen LogP contribution in [-0.4, -0.2) is 52.6 Å². The quantitative estimate of drug-likeness (QED) is 0.138. The lowest BCUT2D eigenvalue weighted by molar-refractivity contribution is -0.384. The average molecular weight is 559 g/mol. The van der Waals surface area contributed by atoms with Crippen molar-refractivity contribution in [2.24, 2.45) is 0 Å². The summed E-state index contributed by atoms with van der Waals surface area (Å²) in [5, 5.41) is 10.8. The molecule has 1 heterocycles. The second-order valence-corrected chi connectivity index (χ2v) is 9.74. The average Bonchev–Trinajstić information content (AvgIpc) is 3.18. The summed E-state index contributed by atoms with van der Waals surface area (Å²) in [6.07, 6.45) is 3.76. The van der Waals surface area contributed by atoms with Crippen molar-refractivity contribution in [2.75, 3.05) is 20.8 Å². The number of carbonyl (C=O) groups excluding carboxylic acids is 3. The first-order valence-corrected chi connectivity index (χ1v) is 12.8. The molecule has 0 atom stereocenters. The minimum atomic E-state index is -0.655. The first kappa shape index (κ1) is 28.6. The SMILES string of the molecule is COc1ccc(/C=C2\SC(=S)N(CCCCCC(=O)NNC(=O)c3cccc([N+](=O)[O-])c3)C2=O)cc1OC. The van der Waals surface area contributed by atoms with E-state index in [0.29, 0.717) is 46.5 Å². The number of rotatable bonds is 11. The summed E-state index contributed by atoms with van der Waals surface area (Å²) in [6.45, 7) is 0.430. The third-order valence-electron chi connectivity index (χ3n) is 5.50. The van der Waals surface area contributed by atoms with Gasteiger partial charge in [0.25, 0.3) is 17.5 Å². The molecule has 11 nitrogen and oxygen atoms in total. The molecule has 13 heteroatoms. The molecule has 1 aliphatic rings. The summed E-state index contributed by atoms with van der Waals surface area (Å²) < 4.78 is 11.0. The lowest BCUT2D eigenvalue weighted by atomic mass is 10.1. The maximum absolute atomic E-state index is 12.8. The summed E-state index contributed by atoms with van der Waals surface area (Å²) >= 11 is 6.61. The minimum Gasteiger partial charge on any atom is -0.493 e. The Hall–Kier alpha value is -3.97. The highest BCUT2D eigenvalue weighted by Gasteiger charge is 2.31. The minimum absolute atomic E-state index is 0.0585. The Morgan fingerprint density at radius 2 is 1.84 bits per heavy atom. The number of ether oxygens (including phenoxy) is 2. The van der Waals surface area contributed by atoms with Crippen molar-refractivity contribution in [2.45, 2.75) is 25.7 Å². The molecule has 2 aromatic carbocycles. The number of carbonyl (C=O) groups is 3. The van der Waals surface area contributed by atoms with Crippen LogP contribution in [0.1, 0.15) is 41.6 Å². The van der Waals surface area contributed by atoms with E-state index in [0.717, 1.165) is 11.6 Å². The van der Waals surface area contributed by atoms with Gasteiger partial charge in [-0.25, -0.2) is 0 Å². The van der Waals surface area contributed by atoms with Crippen LogP contribution in [0.2, 0.25) is 0 Å². The Bertz CT molecular complexity index is 1280. The summed E-state index contributed by atoms with van der Waals surface area (Å²) in [6, 6.07) is 10.6. The number of methoxy groups -OCH3 is 2. The summed E-state index contributed by atoms with van der Waals surface area (Å²) in [7, 11) is 3.09. The number of non-ortho nitro benzene ring substituents is 1. The van der Waals surface area contributed by atoms with E-state index in [1.54, 1.807) is 37.3 Å². The van der Waals surface area contributed by atoms with Gasteiger partial charge in [-0.3, -0.25) is 40.2 Å². The summed E-state index contributed by atoms with van der Waals surface area (Å²) in [5.41, 5.74) is 5.17. The van der Waals surface area contributed by atoms with Gasteiger partial charge < -0.3 is 9.47 Å². The molecule has 0 unspecified atom stereocenters. The van der Waals surface area contributed by atoms with Crippen molar-refractivity contribution in [3.05, 3.63) is 68.6 Å². The van der Waals surface area contributed by atoms with Gasteiger partial charge in [0.05, 0.1) is 24.0 Å². The zero-order chi connectivity index (χ0) is 27.7. The number of amides is 3. The van der Waals surface area contributed by atoms with Crippen LogP contribution in [-0.2, 0) is 9.59 Å². The van der Waals surface area contributed by atoms with E-state index in [1.165, 1.54) is 30.0 Å². The largest absolute Gasteiger partial charge is 0.493 e. The molecule has 2 aromatic rings. The second kappa shape index (κ2) is 13.5. The fourth-order valence-corrected chi connectivity index (χ4v) is 4.85. The number of hydrazine groups is 1. The molecule has 1 saturated heterocycles. The lowest BCUT2D eigenvalue weighted by Crippen LogP contribution is -2.41. The van der Waals surface area contributed by atoms with Crippen LogP contribution in [0, 0.1) is 10.1 Å². The molecule has 0 spiro atoms. The molecular weight excluding hydrogens is 532 g/mol. The first-order valence-electron chi connectivity index (χ1n) is 11.5. The third-order valence-corrected chi connectivity index (χ3v) is 6.88. The second-order valence-electron chi connectivity index (χ2n) is 8.07. The van der Waals surface area contributed by atoms with Crippen molar-refractivity contribution in [1.29, 1.82) is 0 Å². The monoisotopic (exact) mass is 558 g/mol. The van der Waals surface area contributed by atoms with Crippen LogP contribution < -0.4 is 20.3 Å². The Balaban J connectivity index is 1.40. The van der Waals surface area contributed by atoms with Gasteiger partial charge in [0.15, 0.2) is 11.5 Å². The molecule has 0 aliphatic carbocycles. The molecular formula is C25H26N4O7S2. The number of benzene rings is 2. The van der Waals surface area contributed by atoms with E-state index in [2.05, 4.69) is 10.9 Å². The van der Waals surface area contributed by atoms with Gasteiger partial charge in [0.1, 0.15) is 4.32 Å². The summed E-state index contributed by atoms with van der Waals surface area (Å²) in [4.78, 5) is 49.3. The van der Waals surface area contributed by atoms with Crippen molar-refractivity contribution in [3.8, 4) is 11.5 Å². The van der Waals surface area contributed by atoms with Gasteiger partial charge in [0.2, 0.25) is 5.91 Å². The molecule has 0 bridgehead atoms. The van der Waals surface area contributed by atoms with Crippen LogP contribution in [0.5, 0.6) is 11.5 Å². The van der Waals surface area contributed by atoms with Crippen LogP contribution >= 0.6 is 24.0 Å². The van der Waals surface area contributed by atoms with Crippen molar-refractivity contribution in [1.82, 2.24) is 15.8 Å². The number of nitro groups is 1. The zero-order valence-electron chi connectivity index (χ0n) is 20.7. The summed E-state index contributed by atoms with van der Waals surface area (Å²) in [5.74, 6) is -0.0682. The number of thioether (sulfide) groups is 1. The van der Waals surface area contributed by atoms with E-state index in [4.69, 9.17) is 21.7 Å². The van der Waals surface area contributed by atoms with Crippen molar-refractivity contribution in [3.63, 3.8) is 0 Å². The molecule has 200 valence electrons. The number of nitrogens with zero attached hydrogens (tertiary/aromatic N) is 2. The standard InChI is InChI=1S/C25H26N4O7S2/c1-35-19-11-10-16(13-20(19)36-2)14-21-24(32)28(25(37)38-21)12-5-3-4-9-22(30)26-27-23(31)17-7-6-8-18(15-17)29(33)34/h6-8,10-11,13-15H,3-5,9,12H2,1-2H3,(H,26,30)(H,27,31)/b21-14-. The van der Waals surface area contributed by atoms with E-state index in [9.17, 15) is 24.5 Å². The Labute approximate surface area is 228 Å². The fraction of sp³-hybridized carbons (Fsp3) is 0.280. The van der Waals surface area contributed by atoms with Crippen LogP contribution in [0.4, 0.5) is 5.69 Å². The molecule has 0 saturated carbocycles. The van der Waals surface area contributed by atoms with E-state index in [1.807, 2.05) is 6.07 Å². The third kappa shape index (κ3) is 7.52. The van der Waals surface area contributed by atoms with Gasteiger partial charge in [0, 0.05) is 30.7 Å². The number of unbranched alkanes of at least 4 members (excludes halogenated alkanes) is 2. The molecule has 2 N–H and O–H groups in total. The first-order chi connectivity index (χ1) is 18.2. The highest BCUT2D eigenvalue weighted by molar-refractivity contribution is 8.26. The van der Waals surface area contributed by atoms with Gasteiger partial charge >= 0.3 is 0 Å². The Morgan fingerprint density at radius 1 is 1.08 bits per heavy atom. The maximum Gasteiger partial charge on any atom is 0.270 e. The number of hydrogen-bond acceptors (Lipinski definition) is 9. The number of thiocarbonyl (C=S) groups is 1. The zero-order valence-corrected chi connectivity index (χ0v) is 22.4. The molecule has 0 radical (unpaired) electrons. The number of nitrogens with one attached hydrogen (secondary N) is 2. The van der Waals surface area contributed by atoms with Crippen LogP contribution in [0.15, 0.2) is 47.4 Å². The maximum atomic E-state index is 12.8. The van der Waals surface area contributed by atoms with E-state index >= 15 is 0 Å². The number of nitro benzene ring substituents is 1. The molecule has 38 heavy (non-hydrogen) atoms.